The van der Waals surface area contributed by atoms with Gasteiger partial charge in [-0.1, -0.05) is 0 Å². The van der Waals surface area contributed by atoms with Crippen LogP contribution in [0, 0.1) is 11.3 Å². The van der Waals surface area contributed by atoms with Crippen LogP contribution in [0.3, 0.4) is 0 Å². The summed E-state index contributed by atoms with van der Waals surface area (Å²) in [5.74, 6) is -0.873. The summed E-state index contributed by atoms with van der Waals surface area (Å²) in [4.78, 5) is 38.1. The lowest BCUT2D eigenvalue weighted by Gasteiger charge is -2.13. The van der Waals surface area contributed by atoms with Crippen LogP contribution >= 0.6 is 0 Å². The van der Waals surface area contributed by atoms with Crippen LogP contribution in [0.4, 0.5) is 0 Å². The first-order chi connectivity index (χ1) is 9.54. The zero-order valence-electron chi connectivity index (χ0n) is 11.2. The monoisotopic (exact) mass is 280 g/mol. The highest BCUT2D eigenvalue weighted by Crippen LogP contribution is 2.06. The molecule has 0 aromatic heterocycles. The molecule has 0 bridgehead atoms. The second kappa shape index (κ2) is 10.1. The Morgan fingerprint density at radius 2 is 2.10 bits per heavy atom. The average Bonchev–Trinajstić information content (AvgIpc) is 2.42. The van der Waals surface area contributed by atoms with Gasteiger partial charge in [-0.25, -0.2) is 4.79 Å². The Bertz CT molecular complexity index is 437. The molecule has 0 aliphatic rings. The van der Waals surface area contributed by atoms with Crippen molar-refractivity contribution in [3.8, 4) is 6.07 Å². The molecule has 0 heterocycles. The third-order valence-electron chi connectivity index (χ3n) is 2.01. The fraction of sp³-hybridized carbons (Fsp3) is 0.333. The fourth-order valence-corrected chi connectivity index (χ4v) is 1.15. The van der Waals surface area contributed by atoms with Gasteiger partial charge in [-0.05, 0) is 18.4 Å². The number of carbonyl (C=O) groups excluding carboxylic acids is 3. The third kappa shape index (κ3) is 7.50. The van der Waals surface area contributed by atoms with E-state index >= 15 is 0 Å². The van der Waals surface area contributed by atoms with E-state index in [2.05, 4.69) is 10.2 Å². The lowest BCUT2D eigenvalue weighted by Crippen LogP contribution is -2.39. The van der Waals surface area contributed by atoms with Crippen molar-refractivity contribution < 1.29 is 19.2 Å². The zero-order valence-corrected chi connectivity index (χ0v) is 11.2. The molecule has 2 N–H and O–H groups in total. The highest BCUT2D eigenvalue weighted by Gasteiger charge is 2.21. The SMILES string of the molecule is CN(C)C=CC=C(C#N)CC(NC=O)C(=O)ONC=O. The first-order valence-electron chi connectivity index (χ1n) is 5.58. The maximum Gasteiger partial charge on any atom is 0.354 e. The van der Waals surface area contributed by atoms with Gasteiger partial charge in [0.25, 0.3) is 0 Å². The number of rotatable bonds is 9. The van der Waals surface area contributed by atoms with Crippen molar-refractivity contribution in [3.05, 3.63) is 23.9 Å². The Morgan fingerprint density at radius 1 is 1.40 bits per heavy atom. The molecule has 0 aromatic carbocycles. The van der Waals surface area contributed by atoms with Gasteiger partial charge in [-0.15, -0.1) is 0 Å². The zero-order chi connectivity index (χ0) is 15.4. The number of amides is 2. The molecule has 2 amide bonds. The molecule has 8 heteroatoms. The maximum atomic E-state index is 11.5. The molecule has 0 saturated carbocycles. The van der Waals surface area contributed by atoms with Gasteiger partial charge in [0, 0.05) is 26.1 Å². The van der Waals surface area contributed by atoms with Crippen LogP contribution in [0.15, 0.2) is 23.9 Å². The minimum absolute atomic E-state index is 0.0492. The van der Waals surface area contributed by atoms with Crippen LogP contribution < -0.4 is 10.8 Å². The molecular weight excluding hydrogens is 264 g/mol. The lowest BCUT2D eigenvalue weighted by molar-refractivity contribution is -0.157. The second-order valence-corrected chi connectivity index (χ2v) is 3.81. The summed E-state index contributed by atoms with van der Waals surface area (Å²) in [5, 5.41) is 11.2. The molecule has 8 nitrogen and oxygen atoms in total. The summed E-state index contributed by atoms with van der Waals surface area (Å²) >= 11 is 0. The molecule has 0 rings (SSSR count). The van der Waals surface area contributed by atoms with E-state index < -0.39 is 12.0 Å². The van der Waals surface area contributed by atoms with Crippen molar-refractivity contribution >= 4 is 18.8 Å². The van der Waals surface area contributed by atoms with Crippen molar-refractivity contribution in [2.45, 2.75) is 12.5 Å². The van der Waals surface area contributed by atoms with Gasteiger partial charge < -0.3 is 15.1 Å². The van der Waals surface area contributed by atoms with Gasteiger partial charge in [0.05, 0.1) is 6.07 Å². The number of nitrogens with one attached hydrogen (secondary N) is 2. The normalized spacial score (nSPS) is 12.2. The summed E-state index contributed by atoms with van der Waals surface area (Å²) in [6.45, 7) is 0. The number of hydrogen-bond acceptors (Lipinski definition) is 6. The first-order valence-corrected chi connectivity index (χ1v) is 5.58. The highest BCUT2D eigenvalue weighted by molar-refractivity contribution is 5.79. The molecule has 1 atom stereocenters. The van der Waals surface area contributed by atoms with Crippen LogP contribution in [-0.4, -0.2) is 43.8 Å². The minimum Gasteiger partial charge on any atom is -0.383 e. The second-order valence-electron chi connectivity index (χ2n) is 3.81. The summed E-state index contributed by atoms with van der Waals surface area (Å²) in [6, 6.07) is 0.856. The topological polar surface area (TPSA) is 112 Å². The molecule has 0 spiro atoms. The van der Waals surface area contributed by atoms with Gasteiger partial charge in [0.2, 0.25) is 12.8 Å². The molecule has 0 fully saturated rings. The molecule has 1 unspecified atom stereocenters. The van der Waals surface area contributed by atoms with Crippen LogP contribution in [0.5, 0.6) is 0 Å². The van der Waals surface area contributed by atoms with E-state index in [1.807, 2.05) is 20.2 Å². The average molecular weight is 280 g/mol. The van der Waals surface area contributed by atoms with E-state index in [4.69, 9.17) is 5.26 Å². The van der Waals surface area contributed by atoms with E-state index in [1.54, 1.807) is 22.7 Å². The highest BCUT2D eigenvalue weighted by atomic mass is 16.7. The van der Waals surface area contributed by atoms with Crippen LogP contribution in [0.25, 0.3) is 0 Å². The molecular formula is C12H16N4O4. The van der Waals surface area contributed by atoms with Gasteiger partial charge in [-0.3, -0.25) is 9.59 Å². The molecule has 108 valence electrons. The van der Waals surface area contributed by atoms with Crippen molar-refractivity contribution in [1.82, 2.24) is 15.7 Å². The fourth-order valence-electron chi connectivity index (χ4n) is 1.15. The molecule has 0 aromatic rings. The Hall–Kier alpha value is -2.82. The van der Waals surface area contributed by atoms with Gasteiger partial charge >= 0.3 is 5.97 Å². The van der Waals surface area contributed by atoms with Gasteiger partial charge in [-0.2, -0.15) is 10.7 Å². The van der Waals surface area contributed by atoms with E-state index in [1.165, 1.54) is 6.08 Å². The van der Waals surface area contributed by atoms with Gasteiger partial charge in [0.15, 0.2) is 0 Å². The summed E-state index contributed by atoms with van der Waals surface area (Å²) in [7, 11) is 3.63. The van der Waals surface area contributed by atoms with Crippen LogP contribution in [0.1, 0.15) is 6.42 Å². The predicted molar refractivity (Wildman–Crippen MR) is 69.4 cm³/mol. The maximum absolute atomic E-state index is 11.5. The number of nitrogens with zero attached hydrogens (tertiary/aromatic N) is 2. The van der Waals surface area contributed by atoms with E-state index in [0.717, 1.165) is 0 Å². The Morgan fingerprint density at radius 3 is 2.60 bits per heavy atom. The number of carbonyl (C=O) groups is 3. The number of allylic oxidation sites excluding steroid dienone is 2. The molecule has 0 saturated heterocycles. The van der Waals surface area contributed by atoms with Crippen LogP contribution in [-0.2, 0) is 19.2 Å². The van der Waals surface area contributed by atoms with E-state index in [-0.39, 0.29) is 18.4 Å². The standard InChI is InChI=1S/C12H16N4O4/c1-16(2)5-3-4-10(7-13)6-11(14-8-17)12(19)20-15-9-18/h3-5,8-9,11H,6H2,1-2H3,(H,14,17)(H,15,18). The molecule has 20 heavy (non-hydrogen) atoms. The van der Waals surface area contributed by atoms with Gasteiger partial charge in [0.1, 0.15) is 6.04 Å². The molecule has 0 radical (unpaired) electrons. The Labute approximate surface area is 116 Å². The van der Waals surface area contributed by atoms with Crippen molar-refractivity contribution in [2.24, 2.45) is 0 Å². The Balaban J connectivity index is 4.77. The lowest BCUT2D eigenvalue weighted by atomic mass is 10.1. The number of hydroxylamine groups is 1. The Kier molecular flexibility index (Phi) is 8.71. The van der Waals surface area contributed by atoms with Crippen molar-refractivity contribution in [3.63, 3.8) is 0 Å². The number of hydrogen-bond donors (Lipinski definition) is 2. The summed E-state index contributed by atoms with van der Waals surface area (Å²) < 4.78 is 0. The number of nitriles is 1. The quantitative estimate of drug-likeness (QED) is 0.248. The van der Waals surface area contributed by atoms with Crippen molar-refractivity contribution in [2.75, 3.05) is 14.1 Å². The predicted octanol–water partition coefficient (Wildman–Crippen LogP) is -0.779. The smallest absolute Gasteiger partial charge is 0.354 e. The minimum atomic E-state index is -1.06. The summed E-state index contributed by atoms with van der Waals surface area (Å²) in [6.07, 6.45) is 5.30. The third-order valence-corrected chi connectivity index (χ3v) is 2.01. The first kappa shape index (κ1) is 17.2. The molecule has 0 aliphatic carbocycles. The van der Waals surface area contributed by atoms with E-state index in [0.29, 0.717) is 6.41 Å². The largest absolute Gasteiger partial charge is 0.383 e. The van der Waals surface area contributed by atoms with E-state index in [9.17, 15) is 14.4 Å². The van der Waals surface area contributed by atoms with Crippen LogP contribution in [0.2, 0.25) is 0 Å². The van der Waals surface area contributed by atoms with Crippen molar-refractivity contribution in [1.29, 1.82) is 5.26 Å². The summed E-state index contributed by atoms with van der Waals surface area (Å²) in [5.41, 5.74) is 2.00. The molecule has 0 aliphatic heterocycles.